The van der Waals surface area contributed by atoms with Crippen molar-refractivity contribution in [1.82, 2.24) is 9.62 Å². The summed E-state index contributed by atoms with van der Waals surface area (Å²) in [6.45, 7) is 2.23. The van der Waals surface area contributed by atoms with Gasteiger partial charge in [0.1, 0.15) is 0 Å². The second-order valence-corrected chi connectivity index (χ2v) is 6.37. The number of nitrogens with zero attached hydrogens (tertiary/aromatic N) is 1. The SMILES string of the molecule is CNC[C@H]1CN(S(=O)(=O)C2CC2)CCO1. The zero-order chi connectivity index (χ0) is 10.9. The standard InChI is InChI=1S/C9H18N2O3S/c1-10-6-8-7-11(4-5-14-8)15(12,13)9-2-3-9/h8-10H,2-7H2,1H3/t8-/m0/s1. The minimum Gasteiger partial charge on any atom is -0.374 e. The molecule has 0 spiro atoms. The molecular formula is C9H18N2O3S. The van der Waals surface area contributed by atoms with E-state index in [4.69, 9.17) is 4.74 Å². The van der Waals surface area contributed by atoms with Crippen molar-refractivity contribution in [1.29, 1.82) is 0 Å². The first-order valence-electron chi connectivity index (χ1n) is 5.39. The third-order valence-electron chi connectivity index (χ3n) is 2.84. The van der Waals surface area contributed by atoms with Crippen LogP contribution in [0.15, 0.2) is 0 Å². The van der Waals surface area contributed by atoms with E-state index in [1.54, 1.807) is 4.31 Å². The van der Waals surface area contributed by atoms with Crippen molar-refractivity contribution in [3.63, 3.8) is 0 Å². The van der Waals surface area contributed by atoms with Crippen LogP contribution in [0, 0.1) is 0 Å². The van der Waals surface area contributed by atoms with Gasteiger partial charge in [-0.2, -0.15) is 4.31 Å². The van der Waals surface area contributed by atoms with Crippen molar-refractivity contribution in [3.05, 3.63) is 0 Å². The summed E-state index contributed by atoms with van der Waals surface area (Å²) in [5.41, 5.74) is 0. The fourth-order valence-electron chi connectivity index (χ4n) is 1.85. The third-order valence-corrected chi connectivity index (χ3v) is 5.20. The van der Waals surface area contributed by atoms with Crippen LogP contribution in [-0.4, -0.2) is 57.4 Å². The second-order valence-electron chi connectivity index (χ2n) is 4.15. The Labute approximate surface area is 90.8 Å². The molecule has 1 saturated heterocycles. The molecule has 15 heavy (non-hydrogen) atoms. The Morgan fingerprint density at radius 3 is 2.80 bits per heavy atom. The number of ether oxygens (including phenoxy) is 1. The molecule has 2 aliphatic rings. The normalized spacial score (nSPS) is 29.3. The fourth-order valence-corrected chi connectivity index (χ4v) is 3.71. The molecule has 88 valence electrons. The highest BCUT2D eigenvalue weighted by atomic mass is 32.2. The summed E-state index contributed by atoms with van der Waals surface area (Å²) in [5.74, 6) is 0. The van der Waals surface area contributed by atoms with Crippen LogP contribution in [0.25, 0.3) is 0 Å². The zero-order valence-corrected chi connectivity index (χ0v) is 9.79. The smallest absolute Gasteiger partial charge is 0.217 e. The molecule has 0 aromatic rings. The molecule has 5 nitrogen and oxygen atoms in total. The quantitative estimate of drug-likeness (QED) is 0.705. The molecule has 1 aliphatic heterocycles. The van der Waals surface area contributed by atoms with Crippen molar-refractivity contribution in [2.75, 3.05) is 33.3 Å². The van der Waals surface area contributed by atoms with Gasteiger partial charge in [-0.05, 0) is 19.9 Å². The van der Waals surface area contributed by atoms with E-state index in [1.165, 1.54) is 0 Å². The number of rotatable bonds is 4. The molecule has 0 unspecified atom stereocenters. The molecule has 0 amide bonds. The largest absolute Gasteiger partial charge is 0.374 e. The maximum Gasteiger partial charge on any atom is 0.217 e. The van der Waals surface area contributed by atoms with Crippen molar-refractivity contribution < 1.29 is 13.2 Å². The van der Waals surface area contributed by atoms with Crippen LogP contribution in [0.2, 0.25) is 0 Å². The van der Waals surface area contributed by atoms with Crippen molar-refractivity contribution in [2.24, 2.45) is 0 Å². The minimum atomic E-state index is -3.01. The summed E-state index contributed by atoms with van der Waals surface area (Å²) in [4.78, 5) is 0. The summed E-state index contributed by atoms with van der Waals surface area (Å²) < 4.78 is 31.0. The van der Waals surface area contributed by atoms with Gasteiger partial charge in [-0.1, -0.05) is 0 Å². The lowest BCUT2D eigenvalue weighted by Gasteiger charge is -2.32. The Kier molecular flexibility index (Phi) is 3.30. The average molecular weight is 234 g/mol. The number of hydrogen-bond donors (Lipinski definition) is 1. The lowest BCUT2D eigenvalue weighted by molar-refractivity contribution is 0.000779. The maximum absolute atomic E-state index is 11.9. The fraction of sp³-hybridized carbons (Fsp3) is 1.00. The molecule has 1 heterocycles. The number of nitrogens with one attached hydrogen (secondary N) is 1. The summed E-state index contributed by atoms with van der Waals surface area (Å²) in [6, 6.07) is 0. The topological polar surface area (TPSA) is 58.6 Å². The molecule has 1 atom stereocenters. The van der Waals surface area contributed by atoms with Gasteiger partial charge in [0.25, 0.3) is 0 Å². The molecule has 1 saturated carbocycles. The van der Waals surface area contributed by atoms with Crippen LogP contribution in [-0.2, 0) is 14.8 Å². The highest BCUT2D eigenvalue weighted by Crippen LogP contribution is 2.31. The average Bonchev–Trinajstić information content (AvgIpc) is 3.02. The van der Waals surface area contributed by atoms with Crippen LogP contribution in [0.5, 0.6) is 0 Å². The van der Waals surface area contributed by atoms with Gasteiger partial charge >= 0.3 is 0 Å². The van der Waals surface area contributed by atoms with Gasteiger partial charge in [-0.3, -0.25) is 0 Å². The van der Waals surface area contributed by atoms with E-state index < -0.39 is 10.0 Å². The Hall–Kier alpha value is -0.170. The minimum absolute atomic E-state index is 0.00252. The molecule has 1 N–H and O–H groups in total. The number of hydrogen-bond acceptors (Lipinski definition) is 4. The van der Waals surface area contributed by atoms with E-state index in [0.29, 0.717) is 26.2 Å². The molecule has 1 aliphatic carbocycles. The Bertz CT molecular complexity index is 311. The van der Waals surface area contributed by atoms with Crippen LogP contribution in [0.3, 0.4) is 0 Å². The summed E-state index contributed by atoms with van der Waals surface area (Å²) in [5, 5.41) is 2.90. The second kappa shape index (κ2) is 4.37. The zero-order valence-electron chi connectivity index (χ0n) is 8.98. The molecule has 6 heteroatoms. The van der Waals surface area contributed by atoms with Gasteiger partial charge in [-0.25, -0.2) is 8.42 Å². The van der Waals surface area contributed by atoms with E-state index >= 15 is 0 Å². The van der Waals surface area contributed by atoms with Crippen molar-refractivity contribution in [2.45, 2.75) is 24.2 Å². The van der Waals surface area contributed by atoms with Crippen molar-refractivity contribution >= 4 is 10.0 Å². The lowest BCUT2D eigenvalue weighted by atomic mass is 10.3. The van der Waals surface area contributed by atoms with Crippen molar-refractivity contribution in [3.8, 4) is 0 Å². The van der Waals surface area contributed by atoms with Crippen LogP contribution in [0.1, 0.15) is 12.8 Å². The molecule has 2 rings (SSSR count). The summed E-state index contributed by atoms with van der Waals surface area (Å²) in [7, 11) is -1.17. The van der Waals surface area contributed by atoms with E-state index in [1.807, 2.05) is 7.05 Å². The summed E-state index contributed by atoms with van der Waals surface area (Å²) in [6.07, 6.45) is 1.66. The van der Waals surface area contributed by atoms with E-state index in [-0.39, 0.29) is 11.4 Å². The van der Waals surface area contributed by atoms with E-state index in [2.05, 4.69) is 5.32 Å². The van der Waals surface area contributed by atoms with Gasteiger partial charge in [0.05, 0.1) is 18.0 Å². The maximum atomic E-state index is 11.9. The first kappa shape index (κ1) is 11.3. The van der Waals surface area contributed by atoms with Crippen LogP contribution < -0.4 is 5.32 Å². The Morgan fingerprint density at radius 1 is 1.47 bits per heavy atom. The number of sulfonamides is 1. The molecule has 0 aromatic heterocycles. The van der Waals surface area contributed by atoms with Gasteiger partial charge in [0, 0.05) is 19.6 Å². The Morgan fingerprint density at radius 2 is 2.20 bits per heavy atom. The number of morpholine rings is 1. The predicted molar refractivity (Wildman–Crippen MR) is 57.2 cm³/mol. The molecule has 0 aromatic carbocycles. The van der Waals surface area contributed by atoms with Gasteiger partial charge in [-0.15, -0.1) is 0 Å². The van der Waals surface area contributed by atoms with Gasteiger partial charge in [0.15, 0.2) is 0 Å². The highest BCUT2D eigenvalue weighted by Gasteiger charge is 2.41. The molecule has 2 fully saturated rings. The first-order chi connectivity index (χ1) is 7.14. The number of likely N-dealkylation sites (N-methyl/N-ethyl adjacent to an activating group) is 1. The van der Waals surface area contributed by atoms with Gasteiger partial charge in [0.2, 0.25) is 10.0 Å². The molecule has 0 bridgehead atoms. The Balaban J connectivity index is 1.97. The van der Waals surface area contributed by atoms with Crippen LogP contribution >= 0.6 is 0 Å². The molecule has 0 radical (unpaired) electrons. The van der Waals surface area contributed by atoms with Gasteiger partial charge < -0.3 is 10.1 Å². The molecular weight excluding hydrogens is 216 g/mol. The first-order valence-corrected chi connectivity index (χ1v) is 6.90. The van der Waals surface area contributed by atoms with E-state index in [0.717, 1.165) is 12.8 Å². The third kappa shape index (κ3) is 2.50. The lowest BCUT2D eigenvalue weighted by Crippen LogP contribution is -2.49. The summed E-state index contributed by atoms with van der Waals surface area (Å²) >= 11 is 0. The predicted octanol–water partition coefficient (Wildman–Crippen LogP) is -0.601. The van der Waals surface area contributed by atoms with Crippen LogP contribution in [0.4, 0.5) is 0 Å². The van der Waals surface area contributed by atoms with E-state index in [9.17, 15) is 8.42 Å². The highest BCUT2D eigenvalue weighted by molar-refractivity contribution is 7.90. The monoisotopic (exact) mass is 234 g/mol.